The van der Waals surface area contributed by atoms with Crippen LogP contribution in [0.15, 0.2) is 30.5 Å². The molecule has 0 aliphatic rings. The second-order valence-corrected chi connectivity index (χ2v) is 5.59. The molecule has 0 aliphatic heterocycles. The van der Waals surface area contributed by atoms with Crippen LogP contribution in [0, 0.1) is 0 Å². The number of nitrogens with one attached hydrogen (secondary N) is 2. The van der Waals surface area contributed by atoms with E-state index in [-0.39, 0.29) is 0 Å². The first-order chi connectivity index (χ1) is 10.0. The predicted octanol–water partition coefficient (Wildman–Crippen LogP) is 3.50. The number of halogens is 2. The molecule has 0 saturated heterocycles. The molecule has 7 heteroatoms. The molecule has 0 unspecified atom stereocenters. The molecule has 0 aliphatic carbocycles. The highest BCUT2D eigenvalue weighted by molar-refractivity contribution is 6.36. The van der Waals surface area contributed by atoms with E-state index in [2.05, 4.69) is 25.5 Å². The first kappa shape index (κ1) is 15.8. The smallest absolute Gasteiger partial charge is 0.229 e. The van der Waals surface area contributed by atoms with Gasteiger partial charge in [0.25, 0.3) is 0 Å². The Balaban J connectivity index is 2.03. The molecule has 0 radical (unpaired) electrons. The maximum atomic E-state index is 6.11. The summed E-state index contributed by atoms with van der Waals surface area (Å²) in [5, 5.41) is 7.43. The summed E-state index contributed by atoms with van der Waals surface area (Å²) >= 11 is 12.0. The number of nitrogens with zero attached hydrogens (tertiary/aromatic N) is 3. The third-order valence-electron chi connectivity index (χ3n) is 2.70. The first-order valence-corrected chi connectivity index (χ1v) is 7.24. The minimum absolute atomic E-state index is 0.481. The summed E-state index contributed by atoms with van der Waals surface area (Å²) in [4.78, 5) is 10.7. The SMILES string of the molecule is CN(C)CCNc1ccnc(Nc2ccc(Cl)cc2Cl)n1. The second kappa shape index (κ2) is 7.45. The summed E-state index contributed by atoms with van der Waals surface area (Å²) in [6.45, 7) is 1.74. The van der Waals surface area contributed by atoms with E-state index in [1.54, 1.807) is 24.4 Å². The third kappa shape index (κ3) is 5.04. The molecular formula is C14H17Cl2N5. The van der Waals surface area contributed by atoms with Gasteiger partial charge in [-0.25, -0.2) is 4.98 Å². The highest BCUT2D eigenvalue weighted by Gasteiger charge is 2.04. The Morgan fingerprint density at radius 2 is 2.00 bits per heavy atom. The summed E-state index contributed by atoms with van der Waals surface area (Å²) in [6, 6.07) is 7.05. The second-order valence-electron chi connectivity index (χ2n) is 4.74. The van der Waals surface area contributed by atoms with Crippen molar-refractivity contribution >= 4 is 40.7 Å². The molecule has 2 N–H and O–H groups in total. The Hall–Kier alpha value is -1.56. The summed E-state index contributed by atoms with van der Waals surface area (Å²) in [7, 11) is 4.05. The van der Waals surface area contributed by atoms with Crippen LogP contribution in [0.1, 0.15) is 0 Å². The molecule has 0 atom stereocenters. The minimum Gasteiger partial charge on any atom is -0.369 e. The molecule has 0 amide bonds. The zero-order valence-corrected chi connectivity index (χ0v) is 13.4. The normalized spacial score (nSPS) is 10.7. The predicted molar refractivity (Wildman–Crippen MR) is 88.8 cm³/mol. The summed E-state index contributed by atoms with van der Waals surface area (Å²) in [5.74, 6) is 1.24. The van der Waals surface area contributed by atoms with Crippen LogP contribution in [0.25, 0.3) is 0 Å². The summed E-state index contributed by atoms with van der Waals surface area (Å²) in [6.07, 6.45) is 1.69. The van der Waals surface area contributed by atoms with Gasteiger partial charge >= 0.3 is 0 Å². The van der Waals surface area contributed by atoms with Gasteiger partial charge in [-0.15, -0.1) is 0 Å². The average molecular weight is 326 g/mol. The number of aromatic nitrogens is 2. The van der Waals surface area contributed by atoms with Gasteiger partial charge in [0.2, 0.25) is 5.95 Å². The van der Waals surface area contributed by atoms with Crippen molar-refractivity contribution in [2.45, 2.75) is 0 Å². The number of benzene rings is 1. The van der Waals surface area contributed by atoms with Gasteiger partial charge in [0.1, 0.15) is 5.82 Å². The van der Waals surface area contributed by atoms with E-state index in [1.807, 2.05) is 20.2 Å². The van der Waals surface area contributed by atoms with Crippen LogP contribution >= 0.6 is 23.2 Å². The summed E-state index contributed by atoms with van der Waals surface area (Å²) < 4.78 is 0. The molecule has 0 spiro atoms. The lowest BCUT2D eigenvalue weighted by Crippen LogP contribution is -2.21. The van der Waals surface area contributed by atoms with Gasteiger partial charge in [-0.3, -0.25) is 0 Å². The fourth-order valence-electron chi connectivity index (χ4n) is 1.64. The van der Waals surface area contributed by atoms with Crippen molar-refractivity contribution < 1.29 is 0 Å². The largest absolute Gasteiger partial charge is 0.369 e. The standard InChI is InChI=1S/C14H17Cl2N5/c1-21(2)8-7-17-13-5-6-18-14(20-13)19-12-4-3-10(15)9-11(12)16/h3-6,9H,7-8H2,1-2H3,(H2,17,18,19,20). The van der Waals surface area contributed by atoms with E-state index in [0.717, 1.165) is 18.9 Å². The first-order valence-electron chi connectivity index (χ1n) is 6.48. The monoisotopic (exact) mass is 325 g/mol. The van der Waals surface area contributed by atoms with Crippen molar-refractivity contribution in [2.75, 3.05) is 37.8 Å². The quantitative estimate of drug-likeness (QED) is 0.851. The maximum Gasteiger partial charge on any atom is 0.229 e. The van der Waals surface area contributed by atoms with Crippen LogP contribution in [-0.2, 0) is 0 Å². The lowest BCUT2D eigenvalue weighted by molar-refractivity contribution is 0.425. The Morgan fingerprint density at radius 3 is 2.71 bits per heavy atom. The fourth-order valence-corrected chi connectivity index (χ4v) is 2.09. The Labute approximate surface area is 134 Å². The lowest BCUT2D eigenvalue weighted by atomic mass is 10.3. The molecule has 1 aromatic carbocycles. The van der Waals surface area contributed by atoms with Crippen molar-refractivity contribution in [1.29, 1.82) is 0 Å². The number of likely N-dealkylation sites (N-methyl/N-ethyl adjacent to an activating group) is 1. The highest BCUT2D eigenvalue weighted by Crippen LogP contribution is 2.27. The van der Waals surface area contributed by atoms with Crippen LogP contribution in [0.3, 0.4) is 0 Å². The van der Waals surface area contributed by atoms with Gasteiger partial charge in [0.15, 0.2) is 0 Å². The van der Waals surface area contributed by atoms with E-state index in [1.165, 1.54) is 0 Å². The Bertz CT molecular complexity index is 604. The molecule has 0 saturated carbocycles. The van der Waals surface area contributed by atoms with Gasteiger partial charge in [-0.05, 0) is 38.4 Å². The van der Waals surface area contributed by atoms with Gasteiger partial charge in [-0.2, -0.15) is 4.98 Å². The molecule has 2 rings (SSSR count). The third-order valence-corrected chi connectivity index (χ3v) is 3.25. The lowest BCUT2D eigenvalue weighted by Gasteiger charge is -2.12. The van der Waals surface area contributed by atoms with Crippen LogP contribution in [0.2, 0.25) is 10.0 Å². The van der Waals surface area contributed by atoms with E-state index < -0.39 is 0 Å². The van der Waals surface area contributed by atoms with Gasteiger partial charge in [0, 0.05) is 24.3 Å². The van der Waals surface area contributed by atoms with Crippen molar-refractivity contribution in [3.05, 3.63) is 40.5 Å². The molecule has 112 valence electrons. The van der Waals surface area contributed by atoms with Crippen LogP contribution < -0.4 is 10.6 Å². The van der Waals surface area contributed by atoms with E-state index >= 15 is 0 Å². The molecule has 5 nitrogen and oxygen atoms in total. The van der Waals surface area contributed by atoms with Crippen molar-refractivity contribution in [3.63, 3.8) is 0 Å². The molecule has 0 fully saturated rings. The zero-order chi connectivity index (χ0) is 15.2. The Kier molecular flexibility index (Phi) is 5.61. The van der Waals surface area contributed by atoms with Gasteiger partial charge < -0.3 is 15.5 Å². The maximum absolute atomic E-state index is 6.11. The fraction of sp³-hybridized carbons (Fsp3) is 0.286. The summed E-state index contributed by atoms with van der Waals surface area (Å²) in [5.41, 5.74) is 0.714. The Morgan fingerprint density at radius 1 is 1.19 bits per heavy atom. The average Bonchev–Trinajstić information content (AvgIpc) is 2.42. The van der Waals surface area contributed by atoms with Crippen molar-refractivity contribution in [3.8, 4) is 0 Å². The zero-order valence-electron chi connectivity index (χ0n) is 11.9. The van der Waals surface area contributed by atoms with Crippen molar-refractivity contribution in [1.82, 2.24) is 14.9 Å². The minimum atomic E-state index is 0.481. The van der Waals surface area contributed by atoms with E-state index in [0.29, 0.717) is 21.7 Å². The molecule has 21 heavy (non-hydrogen) atoms. The molecular weight excluding hydrogens is 309 g/mol. The number of anilines is 3. The van der Waals surface area contributed by atoms with Gasteiger partial charge in [0.05, 0.1) is 10.7 Å². The van der Waals surface area contributed by atoms with Crippen LogP contribution in [0.4, 0.5) is 17.5 Å². The van der Waals surface area contributed by atoms with Crippen molar-refractivity contribution in [2.24, 2.45) is 0 Å². The molecule has 1 aromatic heterocycles. The topological polar surface area (TPSA) is 53.1 Å². The number of rotatable bonds is 6. The highest BCUT2D eigenvalue weighted by atomic mass is 35.5. The van der Waals surface area contributed by atoms with E-state index in [4.69, 9.17) is 23.2 Å². The molecule has 1 heterocycles. The number of hydrogen-bond donors (Lipinski definition) is 2. The molecule has 0 bridgehead atoms. The van der Waals surface area contributed by atoms with E-state index in [9.17, 15) is 0 Å². The van der Waals surface area contributed by atoms with Gasteiger partial charge in [-0.1, -0.05) is 23.2 Å². The van der Waals surface area contributed by atoms with Crippen LogP contribution in [-0.4, -0.2) is 42.1 Å². The van der Waals surface area contributed by atoms with Crippen LogP contribution in [0.5, 0.6) is 0 Å². The number of hydrogen-bond acceptors (Lipinski definition) is 5. The molecule has 2 aromatic rings.